The van der Waals surface area contributed by atoms with Crippen LogP contribution < -0.4 is 4.72 Å². The number of ether oxygens (including phenoxy) is 2. The number of halogens is 2. The molecule has 1 fully saturated rings. The number of likely N-dealkylation sites (tertiary alicyclic amines) is 1. The molecule has 1 saturated heterocycles. The number of rotatable bonds is 14. The Balaban J connectivity index is 1.68. The first-order chi connectivity index (χ1) is 17.7. The molecule has 204 valence electrons. The highest BCUT2D eigenvalue weighted by molar-refractivity contribution is 7.92. The topological polar surface area (TPSA) is 88.2 Å². The van der Waals surface area contributed by atoms with Crippen LogP contribution in [-0.4, -0.2) is 83.5 Å². The van der Waals surface area contributed by atoms with Gasteiger partial charge < -0.3 is 14.4 Å². The number of hydrogen-bond donors (Lipinski definition) is 1. The zero-order valence-corrected chi connectivity index (χ0v) is 23.6. The zero-order chi connectivity index (χ0) is 26.8. The minimum atomic E-state index is -3.58. The van der Waals surface area contributed by atoms with Gasteiger partial charge in [-0.1, -0.05) is 41.4 Å². The normalized spacial score (nSPS) is 15.0. The maximum atomic E-state index is 13.0. The van der Waals surface area contributed by atoms with Crippen LogP contribution in [-0.2, 0) is 30.7 Å². The maximum absolute atomic E-state index is 13.0. The molecular weight excluding hydrogens is 537 g/mol. The highest BCUT2D eigenvalue weighted by Gasteiger charge is 2.27. The highest BCUT2D eigenvalue weighted by atomic mass is 35.5. The van der Waals surface area contributed by atoms with Crippen LogP contribution in [0.4, 0.5) is 5.69 Å². The third kappa shape index (κ3) is 9.42. The van der Waals surface area contributed by atoms with Gasteiger partial charge in [0.2, 0.25) is 15.9 Å². The van der Waals surface area contributed by atoms with Gasteiger partial charge in [-0.15, -0.1) is 0 Å². The summed E-state index contributed by atoms with van der Waals surface area (Å²) in [5.74, 6) is -0.185. The second-order valence-electron chi connectivity index (χ2n) is 9.11. The third-order valence-corrected chi connectivity index (χ3v) is 8.26. The van der Waals surface area contributed by atoms with Gasteiger partial charge in [0.25, 0.3) is 0 Å². The summed E-state index contributed by atoms with van der Waals surface area (Å²) >= 11 is 12.1. The van der Waals surface area contributed by atoms with Crippen LogP contribution in [0.25, 0.3) is 0 Å². The predicted molar refractivity (Wildman–Crippen MR) is 148 cm³/mol. The number of benzene rings is 2. The summed E-state index contributed by atoms with van der Waals surface area (Å²) in [7, 11) is -0.222. The lowest BCUT2D eigenvalue weighted by atomic mass is 10.0. The van der Waals surface area contributed by atoms with Gasteiger partial charge in [0.15, 0.2) is 0 Å². The van der Waals surface area contributed by atoms with E-state index in [0.29, 0.717) is 35.5 Å². The molecule has 37 heavy (non-hydrogen) atoms. The van der Waals surface area contributed by atoms with Crippen molar-refractivity contribution in [1.29, 1.82) is 0 Å². The minimum absolute atomic E-state index is 0.0343. The first-order valence-corrected chi connectivity index (χ1v) is 14.7. The SMILES string of the molecule is COCCOCCS(=O)(=O)Nc1cccc(C(CN(C)C(=O)Cc2ccc(Cl)c(Cl)c2)N2CCCC2)c1. The van der Waals surface area contributed by atoms with E-state index in [1.165, 1.54) is 0 Å². The van der Waals surface area contributed by atoms with Crippen molar-refractivity contribution in [2.75, 3.05) is 64.1 Å². The van der Waals surface area contributed by atoms with E-state index < -0.39 is 10.0 Å². The van der Waals surface area contributed by atoms with Crippen LogP contribution in [0.5, 0.6) is 0 Å². The lowest BCUT2D eigenvalue weighted by Gasteiger charge is -2.32. The highest BCUT2D eigenvalue weighted by Crippen LogP contribution is 2.29. The lowest BCUT2D eigenvalue weighted by Crippen LogP contribution is -2.38. The Morgan fingerprint density at radius 3 is 2.54 bits per heavy atom. The molecule has 1 heterocycles. The van der Waals surface area contributed by atoms with Crippen LogP contribution >= 0.6 is 23.2 Å². The van der Waals surface area contributed by atoms with Crippen LogP contribution in [0.2, 0.25) is 10.0 Å². The molecule has 0 spiro atoms. The molecule has 2 aromatic carbocycles. The van der Waals surface area contributed by atoms with E-state index in [9.17, 15) is 13.2 Å². The Hall–Kier alpha value is -1.88. The Morgan fingerprint density at radius 2 is 1.84 bits per heavy atom. The van der Waals surface area contributed by atoms with Crippen molar-refractivity contribution < 1.29 is 22.7 Å². The molecule has 1 atom stereocenters. The molecule has 0 radical (unpaired) electrons. The van der Waals surface area contributed by atoms with Crippen molar-refractivity contribution in [3.63, 3.8) is 0 Å². The molecule has 2 aromatic rings. The average Bonchev–Trinajstić information content (AvgIpc) is 3.39. The number of methoxy groups -OCH3 is 1. The molecule has 0 aliphatic carbocycles. The largest absolute Gasteiger partial charge is 0.382 e. The van der Waals surface area contributed by atoms with Crippen molar-refractivity contribution in [3.05, 3.63) is 63.6 Å². The van der Waals surface area contributed by atoms with Gasteiger partial charge in [-0.25, -0.2) is 8.42 Å². The zero-order valence-electron chi connectivity index (χ0n) is 21.3. The number of nitrogens with zero attached hydrogens (tertiary/aromatic N) is 2. The number of amides is 1. The molecule has 1 amide bonds. The number of carbonyl (C=O) groups excluding carboxylic acids is 1. The molecule has 1 aliphatic rings. The molecule has 0 saturated carbocycles. The monoisotopic (exact) mass is 571 g/mol. The van der Waals surface area contributed by atoms with Gasteiger partial charge in [0.05, 0.1) is 48.1 Å². The summed E-state index contributed by atoms with van der Waals surface area (Å²) in [6.45, 7) is 3.17. The van der Waals surface area contributed by atoms with Crippen LogP contribution in [0.1, 0.15) is 30.0 Å². The van der Waals surface area contributed by atoms with Crippen molar-refractivity contribution >= 4 is 44.8 Å². The van der Waals surface area contributed by atoms with Gasteiger partial charge in [0.1, 0.15) is 0 Å². The fourth-order valence-electron chi connectivity index (χ4n) is 4.26. The molecule has 0 bridgehead atoms. The van der Waals surface area contributed by atoms with Crippen molar-refractivity contribution in [1.82, 2.24) is 9.80 Å². The third-order valence-electron chi connectivity index (χ3n) is 6.27. The molecule has 1 unspecified atom stereocenters. The summed E-state index contributed by atoms with van der Waals surface area (Å²) in [6.07, 6.45) is 2.39. The minimum Gasteiger partial charge on any atom is -0.382 e. The van der Waals surface area contributed by atoms with Gasteiger partial charge in [-0.05, 0) is 61.3 Å². The van der Waals surface area contributed by atoms with E-state index in [4.69, 9.17) is 32.7 Å². The number of likely N-dealkylation sites (N-methyl/N-ethyl adjacent to an activating group) is 1. The van der Waals surface area contributed by atoms with E-state index in [0.717, 1.165) is 37.1 Å². The Kier molecular flexibility index (Phi) is 11.5. The summed E-state index contributed by atoms with van der Waals surface area (Å²) in [6, 6.07) is 12.5. The van der Waals surface area contributed by atoms with Crippen LogP contribution in [0.3, 0.4) is 0 Å². The fourth-order valence-corrected chi connectivity index (χ4v) is 5.50. The Morgan fingerprint density at radius 1 is 1.08 bits per heavy atom. The summed E-state index contributed by atoms with van der Waals surface area (Å²) in [5, 5.41) is 0.875. The van der Waals surface area contributed by atoms with E-state index in [1.807, 2.05) is 18.2 Å². The van der Waals surface area contributed by atoms with E-state index in [-0.39, 0.29) is 30.7 Å². The number of anilines is 1. The number of carbonyl (C=O) groups is 1. The van der Waals surface area contributed by atoms with Gasteiger partial charge >= 0.3 is 0 Å². The van der Waals surface area contributed by atoms with Gasteiger partial charge in [-0.3, -0.25) is 14.4 Å². The maximum Gasteiger partial charge on any atom is 0.234 e. The first-order valence-electron chi connectivity index (χ1n) is 12.3. The average molecular weight is 573 g/mol. The summed E-state index contributed by atoms with van der Waals surface area (Å²) < 4.78 is 38.0. The van der Waals surface area contributed by atoms with E-state index in [2.05, 4.69) is 9.62 Å². The Labute approximate surface area is 229 Å². The van der Waals surface area contributed by atoms with E-state index >= 15 is 0 Å². The summed E-state index contributed by atoms with van der Waals surface area (Å²) in [5.41, 5.74) is 2.24. The van der Waals surface area contributed by atoms with Gasteiger partial charge in [-0.2, -0.15) is 0 Å². The second-order valence-corrected chi connectivity index (χ2v) is 11.8. The van der Waals surface area contributed by atoms with Gasteiger partial charge in [0, 0.05) is 26.4 Å². The quantitative estimate of drug-likeness (QED) is 0.341. The first kappa shape index (κ1) is 29.7. The molecule has 1 N–H and O–H groups in total. The van der Waals surface area contributed by atoms with Crippen molar-refractivity contribution in [2.24, 2.45) is 0 Å². The smallest absolute Gasteiger partial charge is 0.234 e. The van der Waals surface area contributed by atoms with Crippen molar-refractivity contribution in [2.45, 2.75) is 25.3 Å². The number of hydrogen-bond acceptors (Lipinski definition) is 6. The molecule has 3 rings (SSSR count). The predicted octanol–water partition coefficient (Wildman–Crippen LogP) is 4.24. The molecule has 0 aromatic heterocycles. The second kappa shape index (κ2) is 14.3. The standard InChI is InChI=1S/C26H35Cl2N3O5S/c1-30(26(32)17-20-8-9-23(27)24(28)16-20)19-25(31-10-3-4-11-31)21-6-5-7-22(18-21)29-37(33,34)15-14-36-13-12-35-2/h5-9,16,18,25,29H,3-4,10-15,17,19H2,1-2H3. The van der Waals surface area contributed by atoms with Crippen LogP contribution in [0, 0.1) is 0 Å². The molecule has 11 heteroatoms. The number of nitrogens with one attached hydrogen (secondary N) is 1. The molecular formula is C26H35Cl2N3O5S. The molecule has 1 aliphatic heterocycles. The number of sulfonamides is 1. The summed E-state index contributed by atoms with van der Waals surface area (Å²) in [4.78, 5) is 17.1. The van der Waals surface area contributed by atoms with E-state index in [1.54, 1.807) is 43.3 Å². The van der Waals surface area contributed by atoms with Crippen molar-refractivity contribution in [3.8, 4) is 0 Å². The van der Waals surface area contributed by atoms with Crippen LogP contribution in [0.15, 0.2) is 42.5 Å². The molecule has 8 nitrogen and oxygen atoms in total. The lowest BCUT2D eigenvalue weighted by molar-refractivity contribution is -0.129. The fraction of sp³-hybridized carbons (Fsp3) is 0.500. The Bertz CT molecular complexity index is 1140.